The molecule has 5 nitrogen and oxygen atoms in total. The predicted molar refractivity (Wildman–Crippen MR) is 81.2 cm³/mol. The zero-order chi connectivity index (χ0) is 15.8. The van der Waals surface area contributed by atoms with Gasteiger partial charge in [-0.25, -0.2) is 4.39 Å². The van der Waals surface area contributed by atoms with Crippen molar-refractivity contribution in [3.8, 4) is 5.75 Å². The molecule has 0 spiro atoms. The van der Waals surface area contributed by atoms with E-state index < -0.39 is 5.82 Å². The standard InChI is InChI=1S/C16H23FN2O3/c17-14-4-1-2-5-15(14)22-12-16(21)18-8-3-9-19-10-6-13(20)7-11-19/h1-2,4-5,13,20H,3,6-12H2,(H,18,21). The molecule has 1 aliphatic rings. The van der Waals surface area contributed by atoms with E-state index >= 15 is 0 Å². The zero-order valence-electron chi connectivity index (χ0n) is 12.6. The summed E-state index contributed by atoms with van der Waals surface area (Å²) in [7, 11) is 0. The van der Waals surface area contributed by atoms with Crippen LogP contribution in [0.15, 0.2) is 24.3 Å². The molecule has 2 N–H and O–H groups in total. The maximum absolute atomic E-state index is 13.3. The number of likely N-dealkylation sites (tertiary alicyclic amines) is 1. The smallest absolute Gasteiger partial charge is 0.257 e. The summed E-state index contributed by atoms with van der Waals surface area (Å²) in [6, 6.07) is 6.02. The Morgan fingerprint density at radius 2 is 2.09 bits per heavy atom. The SMILES string of the molecule is O=C(COc1ccccc1F)NCCCN1CCC(O)CC1. The molecule has 1 fully saturated rings. The van der Waals surface area contributed by atoms with Crippen LogP contribution in [-0.4, -0.2) is 54.8 Å². The first-order chi connectivity index (χ1) is 10.6. The molecule has 122 valence electrons. The van der Waals surface area contributed by atoms with Crippen molar-refractivity contribution in [2.45, 2.75) is 25.4 Å². The first kappa shape index (κ1) is 16.7. The quantitative estimate of drug-likeness (QED) is 0.742. The number of nitrogens with one attached hydrogen (secondary N) is 1. The van der Waals surface area contributed by atoms with Gasteiger partial charge in [-0.1, -0.05) is 12.1 Å². The van der Waals surface area contributed by atoms with Crippen molar-refractivity contribution < 1.29 is 19.0 Å². The van der Waals surface area contributed by atoms with Gasteiger partial charge in [-0.15, -0.1) is 0 Å². The van der Waals surface area contributed by atoms with E-state index in [0.29, 0.717) is 6.54 Å². The highest BCUT2D eigenvalue weighted by Crippen LogP contribution is 2.14. The lowest BCUT2D eigenvalue weighted by Gasteiger charge is -2.29. The van der Waals surface area contributed by atoms with Gasteiger partial charge in [0.05, 0.1) is 6.10 Å². The second-order valence-electron chi connectivity index (χ2n) is 5.50. The van der Waals surface area contributed by atoms with E-state index in [0.717, 1.165) is 38.9 Å². The number of hydrogen-bond donors (Lipinski definition) is 2. The number of benzene rings is 1. The normalized spacial score (nSPS) is 16.5. The summed E-state index contributed by atoms with van der Waals surface area (Å²) in [6.07, 6.45) is 2.33. The van der Waals surface area contributed by atoms with E-state index in [-0.39, 0.29) is 24.4 Å². The number of amides is 1. The van der Waals surface area contributed by atoms with E-state index in [2.05, 4.69) is 10.2 Å². The Labute approximate surface area is 130 Å². The van der Waals surface area contributed by atoms with Crippen LogP contribution < -0.4 is 10.1 Å². The minimum absolute atomic E-state index is 0.0875. The molecule has 0 saturated carbocycles. The summed E-state index contributed by atoms with van der Waals surface area (Å²) in [6.45, 7) is 3.10. The highest BCUT2D eigenvalue weighted by Gasteiger charge is 2.16. The molecule has 0 aromatic heterocycles. The van der Waals surface area contributed by atoms with Crippen molar-refractivity contribution in [1.29, 1.82) is 0 Å². The number of nitrogens with zero attached hydrogens (tertiary/aromatic N) is 1. The van der Waals surface area contributed by atoms with Crippen LogP contribution in [0.3, 0.4) is 0 Å². The van der Waals surface area contributed by atoms with E-state index in [1.165, 1.54) is 12.1 Å². The maximum Gasteiger partial charge on any atom is 0.257 e. The second kappa shape index (κ2) is 8.70. The van der Waals surface area contributed by atoms with Crippen LogP contribution in [0.5, 0.6) is 5.75 Å². The number of aliphatic hydroxyl groups is 1. The summed E-state index contributed by atoms with van der Waals surface area (Å²) >= 11 is 0. The lowest BCUT2D eigenvalue weighted by atomic mass is 10.1. The fraction of sp³-hybridized carbons (Fsp3) is 0.562. The summed E-state index contributed by atoms with van der Waals surface area (Å²) in [4.78, 5) is 13.9. The minimum Gasteiger partial charge on any atom is -0.481 e. The highest BCUT2D eigenvalue weighted by atomic mass is 19.1. The molecule has 22 heavy (non-hydrogen) atoms. The Morgan fingerprint density at radius 3 is 2.82 bits per heavy atom. The van der Waals surface area contributed by atoms with Crippen molar-refractivity contribution in [3.05, 3.63) is 30.1 Å². The molecular formula is C16H23FN2O3. The molecular weight excluding hydrogens is 287 g/mol. The third kappa shape index (κ3) is 5.61. The van der Waals surface area contributed by atoms with Gasteiger partial charge in [0.2, 0.25) is 0 Å². The van der Waals surface area contributed by atoms with Crippen molar-refractivity contribution in [2.75, 3.05) is 32.8 Å². The molecule has 1 heterocycles. The van der Waals surface area contributed by atoms with Crippen molar-refractivity contribution in [3.63, 3.8) is 0 Å². The average Bonchev–Trinajstić information content (AvgIpc) is 2.52. The van der Waals surface area contributed by atoms with E-state index in [1.807, 2.05) is 0 Å². The number of halogens is 1. The predicted octanol–water partition coefficient (Wildman–Crippen LogP) is 1.17. The van der Waals surface area contributed by atoms with Crippen LogP contribution in [0.25, 0.3) is 0 Å². The van der Waals surface area contributed by atoms with Crippen molar-refractivity contribution in [1.82, 2.24) is 10.2 Å². The third-order valence-electron chi connectivity index (χ3n) is 3.73. The number of rotatable bonds is 7. The average molecular weight is 310 g/mol. The molecule has 0 radical (unpaired) electrons. The number of para-hydroxylation sites is 1. The van der Waals surface area contributed by atoms with Crippen LogP contribution in [0, 0.1) is 5.82 Å². The van der Waals surface area contributed by atoms with Gasteiger partial charge in [0, 0.05) is 19.6 Å². The first-order valence-electron chi connectivity index (χ1n) is 7.69. The Balaban J connectivity index is 1.55. The lowest BCUT2D eigenvalue weighted by Crippen LogP contribution is -2.38. The summed E-state index contributed by atoms with van der Waals surface area (Å²) in [5.41, 5.74) is 0. The Hall–Kier alpha value is -1.66. The monoisotopic (exact) mass is 310 g/mol. The minimum atomic E-state index is -0.470. The molecule has 1 saturated heterocycles. The van der Waals surface area contributed by atoms with Crippen molar-refractivity contribution >= 4 is 5.91 Å². The molecule has 1 aromatic carbocycles. The van der Waals surface area contributed by atoms with Crippen LogP contribution in [-0.2, 0) is 4.79 Å². The molecule has 0 bridgehead atoms. The van der Waals surface area contributed by atoms with Crippen LogP contribution in [0.2, 0.25) is 0 Å². The summed E-state index contributed by atoms with van der Waals surface area (Å²) in [5, 5.41) is 12.2. The number of ether oxygens (including phenoxy) is 1. The lowest BCUT2D eigenvalue weighted by molar-refractivity contribution is -0.123. The molecule has 6 heteroatoms. The topological polar surface area (TPSA) is 61.8 Å². The Kier molecular flexibility index (Phi) is 6.61. The van der Waals surface area contributed by atoms with Gasteiger partial charge in [-0.2, -0.15) is 0 Å². The maximum atomic E-state index is 13.3. The molecule has 1 aliphatic heterocycles. The van der Waals surface area contributed by atoms with Gasteiger partial charge in [-0.05, 0) is 37.9 Å². The first-order valence-corrected chi connectivity index (χ1v) is 7.69. The van der Waals surface area contributed by atoms with Gasteiger partial charge < -0.3 is 20.1 Å². The summed E-state index contributed by atoms with van der Waals surface area (Å²) < 4.78 is 18.4. The van der Waals surface area contributed by atoms with Gasteiger partial charge >= 0.3 is 0 Å². The zero-order valence-corrected chi connectivity index (χ0v) is 12.6. The van der Waals surface area contributed by atoms with Gasteiger partial charge in [-0.3, -0.25) is 4.79 Å². The largest absolute Gasteiger partial charge is 0.481 e. The van der Waals surface area contributed by atoms with Gasteiger partial charge in [0.1, 0.15) is 0 Å². The van der Waals surface area contributed by atoms with E-state index in [4.69, 9.17) is 4.74 Å². The van der Waals surface area contributed by atoms with E-state index in [9.17, 15) is 14.3 Å². The van der Waals surface area contributed by atoms with Crippen LogP contribution >= 0.6 is 0 Å². The Morgan fingerprint density at radius 1 is 1.36 bits per heavy atom. The molecule has 0 atom stereocenters. The van der Waals surface area contributed by atoms with Crippen LogP contribution in [0.1, 0.15) is 19.3 Å². The number of carbonyl (C=O) groups excluding carboxylic acids is 1. The van der Waals surface area contributed by atoms with Crippen molar-refractivity contribution in [2.24, 2.45) is 0 Å². The van der Waals surface area contributed by atoms with E-state index in [1.54, 1.807) is 12.1 Å². The number of carbonyl (C=O) groups is 1. The van der Waals surface area contributed by atoms with Gasteiger partial charge in [0.15, 0.2) is 18.2 Å². The molecule has 0 unspecified atom stereocenters. The highest BCUT2D eigenvalue weighted by molar-refractivity contribution is 5.77. The van der Waals surface area contributed by atoms with Crippen LogP contribution in [0.4, 0.5) is 4.39 Å². The second-order valence-corrected chi connectivity index (χ2v) is 5.50. The third-order valence-corrected chi connectivity index (χ3v) is 3.73. The number of hydrogen-bond acceptors (Lipinski definition) is 4. The fourth-order valence-corrected chi connectivity index (χ4v) is 2.43. The fourth-order valence-electron chi connectivity index (χ4n) is 2.43. The number of aliphatic hydroxyl groups excluding tert-OH is 1. The Bertz CT molecular complexity index is 476. The number of piperidine rings is 1. The molecule has 2 rings (SSSR count). The molecule has 0 aliphatic carbocycles. The van der Waals surface area contributed by atoms with Gasteiger partial charge in [0.25, 0.3) is 5.91 Å². The summed E-state index contributed by atoms with van der Waals surface area (Å²) in [5.74, 6) is -0.635. The molecule has 1 amide bonds. The molecule has 1 aromatic rings.